The molecule has 11 heavy (non-hydrogen) atoms. The number of hydrogen-bond donors (Lipinski definition) is 1. The normalized spacial score (nSPS) is 11.5. The number of nitrogens with zero attached hydrogens (tertiary/aromatic N) is 1. The third-order valence-electron chi connectivity index (χ3n) is 1.81. The van der Waals surface area contributed by atoms with E-state index in [4.69, 9.17) is 0 Å². The summed E-state index contributed by atoms with van der Waals surface area (Å²) in [5, 5.41) is 2.27. The van der Waals surface area contributed by atoms with Gasteiger partial charge in [0.25, 0.3) is 0 Å². The maximum atomic E-state index is 3.40. The summed E-state index contributed by atoms with van der Waals surface area (Å²) >= 11 is 0. The zero-order chi connectivity index (χ0) is 8.69. The first-order chi connectivity index (χ1) is 5.22. The quantitative estimate of drug-likeness (QED) is 0.470. The van der Waals surface area contributed by atoms with Gasteiger partial charge in [0.05, 0.1) is 0 Å². The van der Waals surface area contributed by atoms with E-state index >= 15 is 0 Å². The van der Waals surface area contributed by atoms with Crippen molar-refractivity contribution in [3.05, 3.63) is 0 Å². The van der Waals surface area contributed by atoms with Gasteiger partial charge in [0.1, 0.15) is 0 Å². The molecule has 2 heteroatoms. The van der Waals surface area contributed by atoms with E-state index < -0.39 is 0 Å². The van der Waals surface area contributed by atoms with E-state index in [1.54, 1.807) is 0 Å². The van der Waals surface area contributed by atoms with Crippen LogP contribution in [0.1, 0.15) is 40.5 Å². The van der Waals surface area contributed by atoms with Crippen molar-refractivity contribution in [3.63, 3.8) is 0 Å². The second-order valence-electron chi connectivity index (χ2n) is 3.14. The fourth-order valence-electron chi connectivity index (χ4n) is 1.06. The molecule has 0 aliphatic carbocycles. The Morgan fingerprint density at radius 3 is 2.27 bits per heavy atom. The van der Waals surface area contributed by atoms with Gasteiger partial charge in [0.2, 0.25) is 0 Å². The Hall–Kier alpha value is -0.0800. The SMILES string of the molecule is CCCCNN(CC)C(C)C. The van der Waals surface area contributed by atoms with Gasteiger partial charge in [-0.15, -0.1) is 0 Å². The summed E-state index contributed by atoms with van der Waals surface area (Å²) in [4.78, 5) is 0. The number of nitrogens with one attached hydrogen (secondary N) is 1. The molecule has 68 valence electrons. The van der Waals surface area contributed by atoms with Gasteiger partial charge in [-0.3, -0.25) is 5.43 Å². The first-order valence-corrected chi connectivity index (χ1v) is 4.72. The van der Waals surface area contributed by atoms with Crippen LogP contribution in [0.5, 0.6) is 0 Å². The molecular weight excluding hydrogens is 136 g/mol. The van der Waals surface area contributed by atoms with Gasteiger partial charge in [-0.25, -0.2) is 5.01 Å². The molecule has 0 aromatic carbocycles. The Labute approximate surface area is 70.9 Å². The maximum absolute atomic E-state index is 3.40. The van der Waals surface area contributed by atoms with Crippen molar-refractivity contribution in [2.45, 2.75) is 46.6 Å². The van der Waals surface area contributed by atoms with E-state index in [9.17, 15) is 0 Å². The highest BCUT2D eigenvalue weighted by molar-refractivity contribution is 4.54. The number of hydrogen-bond acceptors (Lipinski definition) is 2. The number of unbranched alkanes of at least 4 members (excludes halogenated alkanes) is 1. The van der Waals surface area contributed by atoms with Crippen LogP contribution in [0.25, 0.3) is 0 Å². The lowest BCUT2D eigenvalue weighted by Crippen LogP contribution is -2.43. The highest BCUT2D eigenvalue weighted by Crippen LogP contribution is 1.93. The molecule has 0 aromatic heterocycles. The van der Waals surface area contributed by atoms with Gasteiger partial charge in [-0.05, 0) is 20.3 Å². The monoisotopic (exact) mass is 158 g/mol. The summed E-state index contributed by atoms with van der Waals surface area (Å²) in [6, 6.07) is 0.608. The standard InChI is InChI=1S/C9H22N2/c1-5-7-8-10-11(6-2)9(3)4/h9-10H,5-8H2,1-4H3. The highest BCUT2D eigenvalue weighted by atomic mass is 15.5. The lowest BCUT2D eigenvalue weighted by Gasteiger charge is -2.25. The molecule has 0 rings (SSSR count). The van der Waals surface area contributed by atoms with Crippen LogP contribution in [0.2, 0.25) is 0 Å². The van der Waals surface area contributed by atoms with Crippen LogP contribution in [0.3, 0.4) is 0 Å². The summed E-state index contributed by atoms with van der Waals surface area (Å²) in [7, 11) is 0. The molecule has 0 bridgehead atoms. The van der Waals surface area contributed by atoms with E-state index in [0.29, 0.717) is 6.04 Å². The van der Waals surface area contributed by atoms with E-state index in [2.05, 4.69) is 38.1 Å². The molecule has 0 aromatic rings. The Morgan fingerprint density at radius 2 is 1.91 bits per heavy atom. The minimum Gasteiger partial charge on any atom is -0.255 e. The summed E-state index contributed by atoms with van der Waals surface area (Å²) in [5.41, 5.74) is 3.40. The molecule has 0 fully saturated rings. The number of rotatable bonds is 6. The summed E-state index contributed by atoms with van der Waals surface area (Å²) in [6.45, 7) is 11.0. The average molecular weight is 158 g/mol. The van der Waals surface area contributed by atoms with Crippen molar-refractivity contribution in [1.82, 2.24) is 10.4 Å². The molecule has 0 aliphatic rings. The van der Waals surface area contributed by atoms with Gasteiger partial charge >= 0.3 is 0 Å². The second-order valence-corrected chi connectivity index (χ2v) is 3.14. The highest BCUT2D eigenvalue weighted by Gasteiger charge is 2.03. The molecule has 2 nitrogen and oxygen atoms in total. The molecule has 0 aliphatic heterocycles. The van der Waals surface area contributed by atoms with Crippen molar-refractivity contribution < 1.29 is 0 Å². The smallest absolute Gasteiger partial charge is 0.0186 e. The fourth-order valence-corrected chi connectivity index (χ4v) is 1.06. The molecular formula is C9H22N2. The van der Waals surface area contributed by atoms with Gasteiger partial charge in [-0.1, -0.05) is 20.3 Å². The zero-order valence-corrected chi connectivity index (χ0v) is 8.35. The molecule has 0 heterocycles. The first kappa shape index (κ1) is 10.9. The van der Waals surface area contributed by atoms with Crippen molar-refractivity contribution in [3.8, 4) is 0 Å². The minimum absolute atomic E-state index is 0.608. The summed E-state index contributed by atoms with van der Waals surface area (Å²) in [6.07, 6.45) is 2.53. The largest absolute Gasteiger partial charge is 0.255 e. The van der Waals surface area contributed by atoms with Gasteiger partial charge in [0.15, 0.2) is 0 Å². The van der Waals surface area contributed by atoms with Gasteiger partial charge in [-0.2, -0.15) is 0 Å². The first-order valence-electron chi connectivity index (χ1n) is 4.72. The Morgan fingerprint density at radius 1 is 1.27 bits per heavy atom. The topological polar surface area (TPSA) is 15.3 Å². The van der Waals surface area contributed by atoms with Crippen LogP contribution in [0.4, 0.5) is 0 Å². The van der Waals surface area contributed by atoms with E-state index in [1.165, 1.54) is 12.8 Å². The third kappa shape index (κ3) is 5.22. The summed E-state index contributed by atoms with van der Waals surface area (Å²) in [5.74, 6) is 0. The third-order valence-corrected chi connectivity index (χ3v) is 1.81. The Balaban J connectivity index is 3.36. The molecule has 0 unspecified atom stereocenters. The average Bonchev–Trinajstić information content (AvgIpc) is 1.97. The molecule has 0 radical (unpaired) electrons. The molecule has 1 N–H and O–H groups in total. The van der Waals surface area contributed by atoms with Gasteiger partial charge < -0.3 is 0 Å². The predicted molar refractivity (Wildman–Crippen MR) is 50.4 cm³/mol. The minimum atomic E-state index is 0.608. The van der Waals surface area contributed by atoms with Crippen molar-refractivity contribution in [2.24, 2.45) is 0 Å². The second kappa shape index (κ2) is 6.62. The molecule has 0 spiro atoms. The molecule has 0 amide bonds. The van der Waals surface area contributed by atoms with Crippen molar-refractivity contribution >= 4 is 0 Å². The molecule has 0 saturated carbocycles. The van der Waals surface area contributed by atoms with Crippen LogP contribution in [0, 0.1) is 0 Å². The summed E-state index contributed by atoms with van der Waals surface area (Å²) < 4.78 is 0. The van der Waals surface area contributed by atoms with E-state index in [0.717, 1.165) is 13.1 Å². The van der Waals surface area contributed by atoms with Crippen molar-refractivity contribution in [1.29, 1.82) is 0 Å². The van der Waals surface area contributed by atoms with Crippen LogP contribution < -0.4 is 5.43 Å². The number of hydrazine groups is 1. The zero-order valence-electron chi connectivity index (χ0n) is 8.35. The lowest BCUT2D eigenvalue weighted by atomic mass is 10.3. The van der Waals surface area contributed by atoms with Crippen LogP contribution in [-0.4, -0.2) is 24.1 Å². The molecule has 0 saturated heterocycles. The molecule has 0 atom stereocenters. The van der Waals surface area contributed by atoms with E-state index in [1.807, 2.05) is 0 Å². The Kier molecular flexibility index (Phi) is 6.57. The fraction of sp³-hybridized carbons (Fsp3) is 1.00. The van der Waals surface area contributed by atoms with Crippen LogP contribution in [-0.2, 0) is 0 Å². The van der Waals surface area contributed by atoms with E-state index in [-0.39, 0.29) is 0 Å². The van der Waals surface area contributed by atoms with Crippen molar-refractivity contribution in [2.75, 3.05) is 13.1 Å². The Bertz CT molecular complexity index is 81.6. The van der Waals surface area contributed by atoms with Crippen LogP contribution in [0.15, 0.2) is 0 Å². The maximum Gasteiger partial charge on any atom is 0.0186 e. The predicted octanol–water partition coefficient (Wildman–Crippen LogP) is 2.02. The van der Waals surface area contributed by atoms with Crippen LogP contribution >= 0.6 is 0 Å². The lowest BCUT2D eigenvalue weighted by molar-refractivity contribution is 0.152. The van der Waals surface area contributed by atoms with Gasteiger partial charge in [0, 0.05) is 19.1 Å².